The lowest BCUT2D eigenvalue weighted by Crippen LogP contribution is -2.32. The highest BCUT2D eigenvalue weighted by atomic mass is 32.2. The van der Waals surface area contributed by atoms with E-state index in [0.29, 0.717) is 18.0 Å². The van der Waals surface area contributed by atoms with E-state index in [0.717, 1.165) is 0 Å². The number of hydrogen-bond acceptors (Lipinski definition) is 4. The lowest BCUT2D eigenvalue weighted by Gasteiger charge is -2.18. The maximum absolute atomic E-state index is 12.0. The zero-order valence-electron chi connectivity index (χ0n) is 11.0. The van der Waals surface area contributed by atoms with E-state index in [1.807, 2.05) is 0 Å². The van der Waals surface area contributed by atoms with Gasteiger partial charge in [-0.25, -0.2) is 9.78 Å². The Morgan fingerprint density at radius 3 is 2.55 bits per heavy atom. The molecule has 20 heavy (non-hydrogen) atoms. The first-order chi connectivity index (χ1) is 9.58. The van der Waals surface area contributed by atoms with E-state index in [4.69, 9.17) is 5.11 Å². The third-order valence-electron chi connectivity index (χ3n) is 2.36. The summed E-state index contributed by atoms with van der Waals surface area (Å²) in [6, 6.07) is 3.13. The van der Waals surface area contributed by atoms with Crippen molar-refractivity contribution in [3.63, 3.8) is 0 Å². The van der Waals surface area contributed by atoms with Gasteiger partial charge in [-0.2, -0.15) is 0 Å². The molecule has 0 aliphatic carbocycles. The highest BCUT2D eigenvalue weighted by molar-refractivity contribution is 8.00. The van der Waals surface area contributed by atoms with Crippen LogP contribution in [0.25, 0.3) is 0 Å². The van der Waals surface area contributed by atoms with E-state index < -0.39 is 5.97 Å². The standard InChI is InChI=1S/C14H16N2O3S/c1-3-7-16(8-4-2)13(17)10-20-11-5-6-15-12(9-11)14(18)19/h3-6,9H,1-2,7-8,10H2,(H,18,19). The molecule has 1 amide bonds. The third kappa shape index (κ3) is 4.89. The van der Waals surface area contributed by atoms with E-state index in [1.54, 1.807) is 23.1 Å². The number of aromatic carboxylic acids is 1. The van der Waals surface area contributed by atoms with Crippen LogP contribution in [-0.2, 0) is 4.79 Å². The summed E-state index contributed by atoms with van der Waals surface area (Å²) in [5, 5.41) is 8.85. The fourth-order valence-corrected chi connectivity index (χ4v) is 2.27. The van der Waals surface area contributed by atoms with Crippen LogP contribution in [0.3, 0.4) is 0 Å². The molecule has 1 aromatic rings. The highest BCUT2D eigenvalue weighted by Gasteiger charge is 2.12. The van der Waals surface area contributed by atoms with Gasteiger partial charge in [-0.05, 0) is 12.1 Å². The van der Waals surface area contributed by atoms with Crippen molar-refractivity contribution in [1.82, 2.24) is 9.88 Å². The average Bonchev–Trinajstić information content (AvgIpc) is 2.45. The molecular weight excluding hydrogens is 276 g/mol. The number of carboxylic acids is 1. The van der Waals surface area contributed by atoms with Crippen LogP contribution in [0.15, 0.2) is 48.5 Å². The van der Waals surface area contributed by atoms with Gasteiger partial charge in [0.1, 0.15) is 5.69 Å². The first kappa shape index (κ1) is 16.0. The molecule has 0 spiro atoms. The molecule has 5 nitrogen and oxygen atoms in total. The van der Waals surface area contributed by atoms with E-state index in [9.17, 15) is 9.59 Å². The van der Waals surface area contributed by atoms with Crippen LogP contribution in [0.4, 0.5) is 0 Å². The van der Waals surface area contributed by atoms with Crippen LogP contribution in [0.2, 0.25) is 0 Å². The van der Waals surface area contributed by atoms with Crippen LogP contribution < -0.4 is 0 Å². The first-order valence-corrected chi connectivity index (χ1v) is 6.88. The number of pyridine rings is 1. The fraction of sp³-hybridized carbons (Fsp3) is 0.214. The number of carbonyl (C=O) groups excluding carboxylic acids is 1. The number of aromatic nitrogens is 1. The second kappa shape index (κ2) is 8.16. The number of carbonyl (C=O) groups is 2. The van der Waals surface area contributed by atoms with Crippen molar-refractivity contribution in [3.8, 4) is 0 Å². The monoisotopic (exact) mass is 292 g/mol. The van der Waals surface area contributed by atoms with Gasteiger partial charge in [0.25, 0.3) is 0 Å². The summed E-state index contributed by atoms with van der Waals surface area (Å²) in [5.74, 6) is -0.910. The predicted octanol–water partition coefficient (Wildman–Crippen LogP) is 2.07. The lowest BCUT2D eigenvalue weighted by atomic mass is 10.3. The van der Waals surface area contributed by atoms with E-state index in [2.05, 4.69) is 18.1 Å². The van der Waals surface area contributed by atoms with Crippen molar-refractivity contribution in [2.45, 2.75) is 4.90 Å². The van der Waals surface area contributed by atoms with Crippen molar-refractivity contribution in [1.29, 1.82) is 0 Å². The molecule has 1 rings (SSSR count). The van der Waals surface area contributed by atoms with Gasteiger partial charge in [0, 0.05) is 24.2 Å². The topological polar surface area (TPSA) is 70.5 Å². The molecule has 0 aliphatic heterocycles. The van der Waals surface area contributed by atoms with Crippen molar-refractivity contribution in [2.75, 3.05) is 18.8 Å². The summed E-state index contributed by atoms with van der Waals surface area (Å²) in [7, 11) is 0. The second-order valence-electron chi connectivity index (χ2n) is 3.85. The van der Waals surface area contributed by atoms with Crippen LogP contribution in [-0.4, -0.2) is 45.7 Å². The van der Waals surface area contributed by atoms with Gasteiger partial charge < -0.3 is 10.0 Å². The third-order valence-corrected chi connectivity index (χ3v) is 3.34. The molecule has 0 unspecified atom stereocenters. The zero-order valence-corrected chi connectivity index (χ0v) is 11.8. The summed E-state index contributed by atoms with van der Waals surface area (Å²) >= 11 is 1.28. The molecule has 1 N–H and O–H groups in total. The molecule has 0 saturated carbocycles. The first-order valence-electron chi connectivity index (χ1n) is 5.90. The zero-order chi connectivity index (χ0) is 15.0. The minimum Gasteiger partial charge on any atom is -0.477 e. The SMILES string of the molecule is C=CCN(CC=C)C(=O)CSc1ccnc(C(=O)O)c1. The maximum atomic E-state index is 12.0. The van der Waals surface area contributed by atoms with Crippen LogP contribution in [0, 0.1) is 0 Å². The Hall–Kier alpha value is -2.08. The fourth-order valence-electron chi connectivity index (χ4n) is 1.44. The van der Waals surface area contributed by atoms with Gasteiger partial charge in [0.2, 0.25) is 5.91 Å². The Bertz CT molecular complexity index is 507. The van der Waals surface area contributed by atoms with E-state index in [-0.39, 0.29) is 17.4 Å². The number of carboxylic acid groups (broad SMARTS) is 1. The molecular formula is C14H16N2O3S. The summed E-state index contributed by atoms with van der Waals surface area (Å²) in [6.45, 7) is 8.13. The Balaban J connectivity index is 2.63. The number of nitrogens with zero attached hydrogens (tertiary/aromatic N) is 2. The molecule has 0 atom stereocenters. The minimum absolute atomic E-state index is 0.0310. The summed E-state index contributed by atoms with van der Waals surface area (Å²) in [4.78, 5) is 28.8. The number of rotatable bonds is 8. The highest BCUT2D eigenvalue weighted by Crippen LogP contribution is 2.18. The van der Waals surface area contributed by atoms with Crippen molar-refractivity contribution in [3.05, 3.63) is 49.3 Å². The summed E-state index contributed by atoms with van der Waals surface area (Å²) in [5.41, 5.74) is -0.0310. The van der Waals surface area contributed by atoms with Crippen molar-refractivity contribution >= 4 is 23.6 Å². The van der Waals surface area contributed by atoms with Crippen molar-refractivity contribution < 1.29 is 14.7 Å². The van der Waals surface area contributed by atoms with Gasteiger partial charge in [-0.1, -0.05) is 12.2 Å². The van der Waals surface area contributed by atoms with Gasteiger partial charge in [0.05, 0.1) is 5.75 Å². The minimum atomic E-state index is -1.08. The molecule has 0 radical (unpaired) electrons. The van der Waals surface area contributed by atoms with Crippen LogP contribution in [0.5, 0.6) is 0 Å². The number of amides is 1. The van der Waals surface area contributed by atoms with Crippen molar-refractivity contribution in [2.24, 2.45) is 0 Å². The molecule has 0 bridgehead atoms. The smallest absolute Gasteiger partial charge is 0.354 e. The van der Waals surface area contributed by atoms with E-state index >= 15 is 0 Å². The number of hydrogen-bond donors (Lipinski definition) is 1. The summed E-state index contributed by atoms with van der Waals surface area (Å²) in [6.07, 6.45) is 4.73. The second-order valence-corrected chi connectivity index (χ2v) is 4.90. The molecule has 0 fully saturated rings. The molecule has 106 valence electrons. The van der Waals surface area contributed by atoms with Crippen LogP contribution >= 0.6 is 11.8 Å². The predicted molar refractivity (Wildman–Crippen MR) is 78.9 cm³/mol. The Morgan fingerprint density at radius 1 is 1.35 bits per heavy atom. The molecule has 0 saturated heterocycles. The molecule has 1 aromatic heterocycles. The molecule has 1 heterocycles. The van der Waals surface area contributed by atoms with Gasteiger partial charge in [-0.3, -0.25) is 4.79 Å². The van der Waals surface area contributed by atoms with Gasteiger partial charge in [-0.15, -0.1) is 24.9 Å². The Kier molecular flexibility index (Phi) is 6.52. The normalized spacial score (nSPS) is 9.80. The van der Waals surface area contributed by atoms with E-state index in [1.165, 1.54) is 24.0 Å². The number of thioether (sulfide) groups is 1. The Morgan fingerprint density at radius 2 is 2.00 bits per heavy atom. The maximum Gasteiger partial charge on any atom is 0.354 e. The van der Waals surface area contributed by atoms with Gasteiger partial charge >= 0.3 is 5.97 Å². The summed E-state index contributed by atoms with van der Waals surface area (Å²) < 4.78 is 0. The van der Waals surface area contributed by atoms with Crippen LogP contribution in [0.1, 0.15) is 10.5 Å². The Labute approximate surface area is 122 Å². The molecule has 0 aliphatic rings. The van der Waals surface area contributed by atoms with Gasteiger partial charge in [0.15, 0.2) is 0 Å². The average molecular weight is 292 g/mol. The lowest BCUT2D eigenvalue weighted by molar-refractivity contribution is -0.127. The molecule has 6 heteroatoms. The quantitative estimate of drug-likeness (QED) is 0.586. The molecule has 0 aromatic carbocycles. The largest absolute Gasteiger partial charge is 0.477 e.